The molecule has 0 unspecified atom stereocenters. The number of aliphatic hydroxyl groups is 2. The maximum atomic E-state index is 9.66. The average molecular weight is 228 g/mol. The van der Waals surface area contributed by atoms with Gasteiger partial charge in [-0.15, -0.1) is 11.8 Å². The van der Waals surface area contributed by atoms with E-state index in [4.69, 9.17) is 9.84 Å². The standard InChI is InChI=1S/C11H16O3S/c1-8(13)11-9(14-2)4-3-5-10(11)15-7-6-12/h3-5,8,12-13H,6-7H2,1-2H3/t8-/m0/s1. The molecule has 1 rings (SSSR count). The second-order valence-electron chi connectivity index (χ2n) is 3.12. The lowest BCUT2D eigenvalue weighted by Crippen LogP contribution is -1.99. The summed E-state index contributed by atoms with van der Waals surface area (Å²) in [5.74, 6) is 1.31. The van der Waals surface area contributed by atoms with E-state index in [1.807, 2.05) is 18.2 Å². The first-order valence-electron chi connectivity index (χ1n) is 4.79. The van der Waals surface area contributed by atoms with Crippen LogP contribution >= 0.6 is 11.8 Å². The third-order valence-electron chi connectivity index (χ3n) is 2.01. The van der Waals surface area contributed by atoms with Crippen molar-refractivity contribution in [1.29, 1.82) is 0 Å². The Balaban J connectivity index is 3.02. The van der Waals surface area contributed by atoms with E-state index in [0.717, 1.165) is 10.5 Å². The number of hydrogen-bond donors (Lipinski definition) is 2. The van der Waals surface area contributed by atoms with Crippen LogP contribution in [0.25, 0.3) is 0 Å². The molecule has 0 saturated carbocycles. The van der Waals surface area contributed by atoms with Gasteiger partial charge in [0, 0.05) is 16.2 Å². The van der Waals surface area contributed by atoms with Crippen molar-refractivity contribution >= 4 is 11.8 Å². The predicted octanol–water partition coefficient (Wildman–Crippen LogP) is 1.83. The topological polar surface area (TPSA) is 49.7 Å². The van der Waals surface area contributed by atoms with Gasteiger partial charge >= 0.3 is 0 Å². The van der Waals surface area contributed by atoms with Crippen LogP contribution in [0.1, 0.15) is 18.6 Å². The van der Waals surface area contributed by atoms with Crippen LogP contribution < -0.4 is 4.74 Å². The molecule has 2 N–H and O–H groups in total. The second-order valence-corrected chi connectivity index (χ2v) is 4.26. The van der Waals surface area contributed by atoms with E-state index >= 15 is 0 Å². The molecule has 84 valence electrons. The SMILES string of the molecule is COc1cccc(SCCO)c1[C@H](C)O. The number of ether oxygens (including phenoxy) is 1. The van der Waals surface area contributed by atoms with E-state index in [0.29, 0.717) is 11.5 Å². The summed E-state index contributed by atoms with van der Waals surface area (Å²) in [6.45, 7) is 1.84. The van der Waals surface area contributed by atoms with Gasteiger partial charge in [-0.25, -0.2) is 0 Å². The molecule has 15 heavy (non-hydrogen) atoms. The fourth-order valence-electron chi connectivity index (χ4n) is 1.40. The molecule has 0 spiro atoms. The molecule has 3 nitrogen and oxygen atoms in total. The highest BCUT2D eigenvalue weighted by Crippen LogP contribution is 2.34. The molecule has 1 aromatic carbocycles. The van der Waals surface area contributed by atoms with E-state index in [1.54, 1.807) is 14.0 Å². The maximum absolute atomic E-state index is 9.66. The predicted molar refractivity (Wildman–Crippen MR) is 61.4 cm³/mol. The number of rotatable bonds is 5. The molecule has 0 aliphatic rings. The molecule has 0 heterocycles. The van der Waals surface area contributed by atoms with Crippen LogP contribution in [0.2, 0.25) is 0 Å². The van der Waals surface area contributed by atoms with Gasteiger partial charge in [-0.2, -0.15) is 0 Å². The largest absolute Gasteiger partial charge is 0.496 e. The van der Waals surface area contributed by atoms with Crippen LogP contribution in [0, 0.1) is 0 Å². The van der Waals surface area contributed by atoms with Crippen molar-refractivity contribution in [2.24, 2.45) is 0 Å². The summed E-state index contributed by atoms with van der Waals surface area (Å²) in [6, 6.07) is 5.63. The molecular weight excluding hydrogens is 212 g/mol. The highest BCUT2D eigenvalue weighted by Gasteiger charge is 2.13. The number of aliphatic hydroxyl groups excluding tert-OH is 2. The van der Waals surface area contributed by atoms with Gasteiger partial charge in [0.15, 0.2) is 0 Å². The molecule has 1 aromatic rings. The number of methoxy groups -OCH3 is 1. The fraction of sp³-hybridized carbons (Fsp3) is 0.455. The lowest BCUT2D eigenvalue weighted by Gasteiger charge is -2.15. The second kappa shape index (κ2) is 6.00. The maximum Gasteiger partial charge on any atom is 0.125 e. The van der Waals surface area contributed by atoms with Crippen molar-refractivity contribution in [2.75, 3.05) is 19.5 Å². The molecule has 0 aromatic heterocycles. The molecule has 0 saturated heterocycles. The van der Waals surface area contributed by atoms with Gasteiger partial charge in [-0.3, -0.25) is 0 Å². The Hall–Kier alpha value is -0.710. The third kappa shape index (κ3) is 3.12. The van der Waals surface area contributed by atoms with Gasteiger partial charge in [0.1, 0.15) is 5.75 Å². The normalized spacial score (nSPS) is 12.5. The van der Waals surface area contributed by atoms with Gasteiger partial charge in [-0.1, -0.05) is 6.07 Å². The van der Waals surface area contributed by atoms with Crippen molar-refractivity contribution in [3.8, 4) is 5.75 Å². The zero-order chi connectivity index (χ0) is 11.3. The van der Waals surface area contributed by atoms with Crippen molar-refractivity contribution in [3.05, 3.63) is 23.8 Å². The summed E-state index contributed by atoms with van der Waals surface area (Å²) in [4.78, 5) is 0.957. The number of thioether (sulfide) groups is 1. The van der Waals surface area contributed by atoms with Gasteiger partial charge in [0.2, 0.25) is 0 Å². The first-order chi connectivity index (χ1) is 7.20. The molecule has 0 aliphatic heterocycles. The number of benzene rings is 1. The summed E-state index contributed by atoms with van der Waals surface area (Å²) in [6.07, 6.45) is -0.567. The summed E-state index contributed by atoms with van der Waals surface area (Å²) < 4.78 is 5.19. The fourth-order valence-corrected chi connectivity index (χ4v) is 2.31. The van der Waals surface area contributed by atoms with Crippen LogP contribution in [0.5, 0.6) is 5.75 Å². The van der Waals surface area contributed by atoms with E-state index < -0.39 is 6.10 Å². The minimum absolute atomic E-state index is 0.126. The Bertz CT molecular complexity index is 313. The van der Waals surface area contributed by atoms with E-state index in [1.165, 1.54) is 11.8 Å². The highest BCUT2D eigenvalue weighted by molar-refractivity contribution is 7.99. The first-order valence-corrected chi connectivity index (χ1v) is 5.78. The van der Waals surface area contributed by atoms with Crippen LogP contribution in [-0.2, 0) is 0 Å². The van der Waals surface area contributed by atoms with Crippen molar-refractivity contribution < 1.29 is 14.9 Å². The zero-order valence-corrected chi connectivity index (χ0v) is 9.75. The van der Waals surface area contributed by atoms with E-state index in [-0.39, 0.29) is 6.61 Å². The molecule has 4 heteroatoms. The van der Waals surface area contributed by atoms with Gasteiger partial charge in [0.25, 0.3) is 0 Å². The Morgan fingerprint density at radius 1 is 1.47 bits per heavy atom. The van der Waals surface area contributed by atoms with Crippen molar-refractivity contribution in [2.45, 2.75) is 17.9 Å². The Kier molecular flexibility index (Phi) is 4.94. The lowest BCUT2D eigenvalue weighted by molar-refractivity contribution is 0.191. The van der Waals surface area contributed by atoms with Crippen LogP contribution in [-0.4, -0.2) is 29.7 Å². The highest BCUT2D eigenvalue weighted by atomic mass is 32.2. The zero-order valence-electron chi connectivity index (χ0n) is 8.93. The molecule has 1 atom stereocenters. The quantitative estimate of drug-likeness (QED) is 0.755. The molecule has 0 amide bonds. The van der Waals surface area contributed by atoms with E-state index in [9.17, 15) is 5.11 Å². The Morgan fingerprint density at radius 2 is 2.20 bits per heavy atom. The first kappa shape index (κ1) is 12.4. The summed E-state index contributed by atoms with van der Waals surface area (Å²) in [5, 5.41) is 18.4. The van der Waals surface area contributed by atoms with Gasteiger partial charge in [-0.05, 0) is 19.1 Å². The molecule has 0 fully saturated rings. The van der Waals surface area contributed by atoms with E-state index in [2.05, 4.69) is 0 Å². The smallest absolute Gasteiger partial charge is 0.125 e. The lowest BCUT2D eigenvalue weighted by atomic mass is 10.1. The third-order valence-corrected chi connectivity index (χ3v) is 3.07. The molecule has 0 radical (unpaired) electrons. The van der Waals surface area contributed by atoms with Crippen LogP contribution in [0.3, 0.4) is 0 Å². The average Bonchev–Trinajstić information content (AvgIpc) is 2.25. The van der Waals surface area contributed by atoms with Crippen molar-refractivity contribution in [1.82, 2.24) is 0 Å². The summed E-state index contributed by atoms with van der Waals surface area (Å²) >= 11 is 1.51. The summed E-state index contributed by atoms with van der Waals surface area (Å²) in [5.41, 5.74) is 0.790. The van der Waals surface area contributed by atoms with Crippen LogP contribution in [0.4, 0.5) is 0 Å². The Labute approximate surface area is 94.1 Å². The Morgan fingerprint density at radius 3 is 2.73 bits per heavy atom. The van der Waals surface area contributed by atoms with Gasteiger partial charge in [0.05, 0.1) is 19.8 Å². The monoisotopic (exact) mass is 228 g/mol. The van der Waals surface area contributed by atoms with Gasteiger partial charge < -0.3 is 14.9 Å². The van der Waals surface area contributed by atoms with Crippen molar-refractivity contribution in [3.63, 3.8) is 0 Å². The molecular formula is C11H16O3S. The van der Waals surface area contributed by atoms with Crippen LogP contribution in [0.15, 0.2) is 23.1 Å². The number of hydrogen-bond acceptors (Lipinski definition) is 4. The summed E-state index contributed by atoms with van der Waals surface area (Å²) in [7, 11) is 1.59. The minimum Gasteiger partial charge on any atom is -0.496 e. The molecule has 0 bridgehead atoms. The minimum atomic E-state index is -0.567. The molecule has 0 aliphatic carbocycles.